The maximum atomic E-state index is 12.3. The van der Waals surface area contributed by atoms with Crippen molar-refractivity contribution < 1.29 is 27.5 Å². The molecule has 0 heterocycles. The number of hydrogen-bond acceptors (Lipinski definition) is 6. The summed E-state index contributed by atoms with van der Waals surface area (Å²) in [5.41, 5.74) is 1.02. The van der Waals surface area contributed by atoms with E-state index < -0.39 is 22.6 Å². The Morgan fingerprint density at radius 1 is 1.07 bits per heavy atom. The fraction of sp³-hybridized carbons (Fsp3) is 0.300. The normalized spacial score (nSPS) is 10.9. The number of likely N-dealkylation sites (N-methyl/N-ethyl adjacent to an activating group) is 1. The molecule has 1 amide bonds. The number of rotatable bonds is 9. The Morgan fingerprint density at radius 2 is 1.72 bits per heavy atom. The molecule has 8 nitrogen and oxygen atoms in total. The number of esters is 1. The number of carbonyl (C=O) groups excluding carboxylic acids is 2. The zero-order valence-corrected chi connectivity index (χ0v) is 17.4. The Hall–Kier alpha value is -3.07. The zero-order chi connectivity index (χ0) is 21.4. The molecule has 156 valence electrons. The van der Waals surface area contributed by atoms with Gasteiger partial charge in [-0.05, 0) is 36.8 Å². The van der Waals surface area contributed by atoms with Crippen molar-refractivity contribution in [1.82, 2.24) is 4.90 Å². The maximum absolute atomic E-state index is 12.3. The predicted molar refractivity (Wildman–Crippen MR) is 109 cm³/mol. The SMILES string of the molecule is CCOc1ccc(CN(C)C(=O)COC(=O)c2ccccc2NS(C)(=O)=O)cc1. The molecular formula is C20H24N2O6S. The summed E-state index contributed by atoms with van der Waals surface area (Å²) in [6, 6.07) is 13.4. The highest BCUT2D eigenvalue weighted by atomic mass is 32.2. The lowest BCUT2D eigenvalue weighted by molar-refractivity contribution is -0.133. The van der Waals surface area contributed by atoms with Crippen LogP contribution in [0.15, 0.2) is 48.5 Å². The van der Waals surface area contributed by atoms with Crippen LogP contribution in [0, 0.1) is 0 Å². The van der Waals surface area contributed by atoms with Crippen LogP contribution >= 0.6 is 0 Å². The molecule has 0 aromatic heterocycles. The first kappa shape index (κ1) is 22.2. The Labute approximate surface area is 170 Å². The number of benzene rings is 2. The summed E-state index contributed by atoms with van der Waals surface area (Å²) in [5, 5.41) is 0. The van der Waals surface area contributed by atoms with Crippen molar-refractivity contribution in [3.63, 3.8) is 0 Å². The lowest BCUT2D eigenvalue weighted by atomic mass is 10.2. The molecule has 2 aromatic carbocycles. The summed E-state index contributed by atoms with van der Waals surface area (Å²) in [6.07, 6.45) is 0.981. The van der Waals surface area contributed by atoms with Crippen LogP contribution in [-0.4, -0.2) is 51.7 Å². The van der Waals surface area contributed by atoms with Crippen molar-refractivity contribution in [1.29, 1.82) is 0 Å². The minimum absolute atomic E-state index is 0.0277. The number of amides is 1. The highest BCUT2D eigenvalue weighted by molar-refractivity contribution is 7.92. The lowest BCUT2D eigenvalue weighted by Crippen LogP contribution is -2.31. The second-order valence-electron chi connectivity index (χ2n) is 6.32. The molecule has 2 rings (SSSR count). The average molecular weight is 420 g/mol. The fourth-order valence-corrected chi connectivity index (χ4v) is 3.06. The molecule has 0 fully saturated rings. The van der Waals surface area contributed by atoms with Gasteiger partial charge in [-0.15, -0.1) is 0 Å². The molecule has 0 saturated carbocycles. The molecule has 0 aliphatic rings. The van der Waals surface area contributed by atoms with Crippen molar-refractivity contribution in [2.45, 2.75) is 13.5 Å². The van der Waals surface area contributed by atoms with Crippen LogP contribution in [0.1, 0.15) is 22.8 Å². The topological polar surface area (TPSA) is 102 Å². The Bertz CT molecular complexity index is 957. The predicted octanol–water partition coefficient (Wildman–Crippen LogP) is 2.27. The van der Waals surface area contributed by atoms with Crippen molar-refractivity contribution in [3.8, 4) is 5.75 Å². The number of hydrogen-bond donors (Lipinski definition) is 1. The Kier molecular flexibility index (Phi) is 7.60. The van der Waals surface area contributed by atoms with Gasteiger partial charge in [-0.3, -0.25) is 9.52 Å². The summed E-state index contributed by atoms with van der Waals surface area (Å²) < 4.78 is 35.6. The third kappa shape index (κ3) is 7.11. The number of ether oxygens (including phenoxy) is 2. The minimum Gasteiger partial charge on any atom is -0.494 e. The number of nitrogens with zero attached hydrogens (tertiary/aromatic N) is 1. The molecule has 0 spiro atoms. The van der Waals surface area contributed by atoms with E-state index >= 15 is 0 Å². The Balaban J connectivity index is 1.93. The molecule has 0 aliphatic heterocycles. The first-order valence-electron chi connectivity index (χ1n) is 8.89. The van der Waals surface area contributed by atoms with Crippen LogP contribution < -0.4 is 9.46 Å². The first-order chi connectivity index (χ1) is 13.7. The fourth-order valence-electron chi connectivity index (χ4n) is 2.48. The van der Waals surface area contributed by atoms with Gasteiger partial charge in [0.15, 0.2) is 6.61 Å². The molecule has 0 unspecified atom stereocenters. The lowest BCUT2D eigenvalue weighted by Gasteiger charge is -2.18. The molecule has 0 bridgehead atoms. The van der Waals surface area contributed by atoms with Gasteiger partial charge in [-0.1, -0.05) is 24.3 Å². The van der Waals surface area contributed by atoms with Gasteiger partial charge in [0.1, 0.15) is 5.75 Å². The van der Waals surface area contributed by atoms with Crippen molar-refractivity contribution in [2.75, 3.05) is 31.2 Å². The van der Waals surface area contributed by atoms with Gasteiger partial charge < -0.3 is 14.4 Å². The molecular weight excluding hydrogens is 396 g/mol. The molecule has 0 aliphatic carbocycles. The third-order valence-corrected chi connectivity index (χ3v) is 4.44. The summed E-state index contributed by atoms with van der Waals surface area (Å²) in [4.78, 5) is 26.0. The van der Waals surface area contributed by atoms with Crippen molar-refractivity contribution >= 4 is 27.6 Å². The molecule has 29 heavy (non-hydrogen) atoms. The van der Waals surface area contributed by atoms with Crippen molar-refractivity contribution in [3.05, 3.63) is 59.7 Å². The molecule has 0 atom stereocenters. The number of para-hydroxylation sites is 1. The van der Waals surface area contributed by atoms with E-state index in [1.54, 1.807) is 19.2 Å². The molecule has 0 saturated heterocycles. The number of anilines is 1. The summed E-state index contributed by atoms with van der Waals surface area (Å²) in [7, 11) is -1.96. The van der Waals surface area contributed by atoms with Crippen LogP contribution in [0.25, 0.3) is 0 Å². The molecule has 0 radical (unpaired) electrons. The van der Waals surface area contributed by atoms with E-state index in [0.717, 1.165) is 17.6 Å². The van der Waals surface area contributed by atoms with Gasteiger partial charge >= 0.3 is 5.97 Å². The highest BCUT2D eigenvalue weighted by Gasteiger charge is 2.18. The first-order valence-corrected chi connectivity index (χ1v) is 10.8. The standard InChI is InChI=1S/C20H24N2O6S/c1-4-27-16-11-9-15(10-12-16)13-22(2)19(23)14-28-20(24)17-7-5-6-8-18(17)21-29(3,25)26/h5-12,21H,4,13-14H2,1-3H3. The summed E-state index contributed by atoms with van der Waals surface area (Å²) >= 11 is 0. The number of sulfonamides is 1. The average Bonchev–Trinajstić information content (AvgIpc) is 2.66. The highest BCUT2D eigenvalue weighted by Crippen LogP contribution is 2.17. The van der Waals surface area contributed by atoms with E-state index in [9.17, 15) is 18.0 Å². The van der Waals surface area contributed by atoms with Crippen LogP contribution in [0.2, 0.25) is 0 Å². The van der Waals surface area contributed by atoms with Crippen molar-refractivity contribution in [2.24, 2.45) is 0 Å². The second-order valence-corrected chi connectivity index (χ2v) is 8.07. The van der Waals surface area contributed by atoms with E-state index in [1.807, 2.05) is 31.2 Å². The number of nitrogens with one attached hydrogen (secondary N) is 1. The van der Waals surface area contributed by atoms with E-state index in [-0.39, 0.29) is 17.2 Å². The smallest absolute Gasteiger partial charge is 0.340 e. The van der Waals surface area contributed by atoms with E-state index in [0.29, 0.717) is 13.2 Å². The summed E-state index contributed by atoms with van der Waals surface area (Å²) in [6.45, 7) is 2.36. The molecule has 1 N–H and O–H groups in total. The Morgan fingerprint density at radius 3 is 2.34 bits per heavy atom. The maximum Gasteiger partial charge on any atom is 0.340 e. The van der Waals surface area contributed by atoms with Crippen LogP contribution in [0.3, 0.4) is 0 Å². The zero-order valence-electron chi connectivity index (χ0n) is 16.5. The van der Waals surface area contributed by atoms with Crippen LogP contribution in [0.4, 0.5) is 5.69 Å². The quantitative estimate of drug-likeness (QED) is 0.625. The minimum atomic E-state index is -3.56. The summed E-state index contributed by atoms with van der Waals surface area (Å²) in [5.74, 6) is -0.430. The van der Waals surface area contributed by atoms with Gasteiger partial charge in [-0.25, -0.2) is 13.2 Å². The van der Waals surface area contributed by atoms with E-state index in [2.05, 4.69) is 4.72 Å². The third-order valence-electron chi connectivity index (χ3n) is 3.85. The van der Waals surface area contributed by atoms with E-state index in [4.69, 9.17) is 9.47 Å². The van der Waals surface area contributed by atoms with Gasteiger partial charge in [0.05, 0.1) is 24.1 Å². The van der Waals surface area contributed by atoms with Gasteiger partial charge in [0.2, 0.25) is 10.0 Å². The van der Waals surface area contributed by atoms with Gasteiger partial charge in [0, 0.05) is 13.6 Å². The molecule has 9 heteroatoms. The number of carbonyl (C=O) groups is 2. The van der Waals surface area contributed by atoms with E-state index in [1.165, 1.54) is 17.0 Å². The monoisotopic (exact) mass is 420 g/mol. The largest absolute Gasteiger partial charge is 0.494 e. The van der Waals surface area contributed by atoms with Gasteiger partial charge in [-0.2, -0.15) is 0 Å². The second kappa shape index (κ2) is 9.92. The molecule has 2 aromatic rings. The van der Waals surface area contributed by atoms with Gasteiger partial charge in [0.25, 0.3) is 5.91 Å². The van der Waals surface area contributed by atoms with Crippen LogP contribution in [-0.2, 0) is 26.1 Å². The van der Waals surface area contributed by atoms with Crippen LogP contribution in [0.5, 0.6) is 5.75 Å².